The highest BCUT2D eigenvalue weighted by molar-refractivity contribution is 6.22. The maximum absolute atomic E-state index is 5.19. The summed E-state index contributed by atoms with van der Waals surface area (Å²) in [5.74, 6) is 0. The van der Waals surface area contributed by atoms with E-state index in [0.29, 0.717) is 0 Å². The van der Waals surface area contributed by atoms with Gasteiger partial charge in [0.15, 0.2) is 0 Å². The minimum absolute atomic E-state index is 0.986. The third kappa shape index (κ3) is 5.29. The van der Waals surface area contributed by atoms with E-state index in [1.54, 1.807) is 0 Å². The predicted octanol–water partition coefficient (Wildman–Crippen LogP) is 15.8. The van der Waals surface area contributed by atoms with Crippen molar-refractivity contribution < 1.29 is 0 Å². The van der Waals surface area contributed by atoms with Gasteiger partial charge in [0.1, 0.15) is 0 Å². The van der Waals surface area contributed by atoms with Crippen molar-refractivity contribution in [3.8, 4) is 44.6 Å². The van der Waals surface area contributed by atoms with Crippen molar-refractivity contribution in [3.63, 3.8) is 0 Å². The second kappa shape index (κ2) is 13.0. The summed E-state index contributed by atoms with van der Waals surface area (Å²) < 4.78 is 0. The molecule has 268 valence electrons. The molecule has 12 rings (SSSR count). The maximum Gasteiger partial charge on any atom is 0.0787 e. The first kappa shape index (κ1) is 32.6. The van der Waals surface area contributed by atoms with E-state index in [1.807, 2.05) is 0 Å². The monoisotopic (exact) mass is 733 g/mol. The molecule has 0 fully saturated rings. The highest BCUT2D eigenvalue weighted by Gasteiger charge is 2.18. The molecule has 11 aromatic carbocycles. The van der Waals surface area contributed by atoms with Crippen LogP contribution in [0.5, 0.6) is 0 Å². The van der Waals surface area contributed by atoms with Crippen LogP contribution in [0.1, 0.15) is 0 Å². The lowest BCUT2D eigenvalue weighted by atomic mass is 9.84. The van der Waals surface area contributed by atoms with E-state index in [2.05, 4.69) is 212 Å². The summed E-state index contributed by atoms with van der Waals surface area (Å²) >= 11 is 0. The molecular weight excluding hydrogens is 699 g/mol. The van der Waals surface area contributed by atoms with Crippen LogP contribution in [-0.4, -0.2) is 4.98 Å². The van der Waals surface area contributed by atoms with E-state index < -0.39 is 0 Å². The average Bonchev–Trinajstić information content (AvgIpc) is 3.29. The fourth-order valence-electron chi connectivity index (χ4n) is 9.27. The molecule has 0 aliphatic rings. The second-order valence-electron chi connectivity index (χ2n) is 15.5. The molecule has 1 heteroatoms. The van der Waals surface area contributed by atoms with Crippen LogP contribution in [0.25, 0.3) is 120 Å². The van der Waals surface area contributed by atoms with E-state index in [-0.39, 0.29) is 0 Å². The molecule has 0 unspecified atom stereocenters. The molecule has 0 spiro atoms. The van der Waals surface area contributed by atoms with Gasteiger partial charge in [-0.15, -0.1) is 0 Å². The number of rotatable bonds is 4. The van der Waals surface area contributed by atoms with Crippen LogP contribution in [0, 0.1) is 0 Å². The number of pyridine rings is 1. The van der Waals surface area contributed by atoms with Gasteiger partial charge in [-0.05, 0) is 129 Å². The van der Waals surface area contributed by atoms with Crippen molar-refractivity contribution >= 4 is 75.5 Å². The zero-order valence-electron chi connectivity index (χ0n) is 31.7. The molecule has 0 amide bonds. The maximum atomic E-state index is 5.19. The van der Waals surface area contributed by atoms with Crippen molar-refractivity contribution in [1.29, 1.82) is 0 Å². The van der Waals surface area contributed by atoms with E-state index >= 15 is 0 Å². The van der Waals surface area contributed by atoms with Crippen molar-refractivity contribution in [3.05, 3.63) is 212 Å². The summed E-state index contributed by atoms with van der Waals surface area (Å²) in [7, 11) is 0. The number of benzene rings is 11. The summed E-state index contributed by atoms with van der Waals surface area (Å²) in [5.41, 5.74) is 10.5. The van der Waals surface area contributed by atoms with E-state index in [9.17, 15) is 0 Å². The summed E-state index contributed by atoms with van der Waals surface area (Å²) in [4.78, 5) is 5.19. The largest absolute Gasteiger partial charge is 0.247 e. The SMILES string of the molecule is c1ccc2cc(-c3c4ccccc4c(-c4ccc5ccccc5c4)c4cc(-c5ccc6cc(-c7ccc8ccc9ccccc9c8n7)ccc6c5)ccc34)ccc2c1. The van der Waals surface area contributed by atoms with Gasteiger partial charge in [0, 0.05) is 16.3 Å². The number of fused-ring (bicyclic) bond motifs is 8. The molecule has 1 nitrogen and oxygen atoms in total. The highest BCUT2D eigenvalue weighted by atomic mass is 14.7. The summed E-state index contributed by atoms with van der Waals surface area (Å²) in [5, 5.41) is 16.0. The third-order valence-corrected chi connectivity index (χ3v) is 12.2. The van der Waals surface area contributed by atoms with Gasteiger partial charge < -0.3 is 0 Å². The zero-order valence-corrected chi connectivity index (χ0v) is 31.7. The molecule has 0 N–H and O–H groups in total. The Morgan fingerprint density at radius 1 is 0.224 bits per heavy atom. The zero-order chi connectivity index (χ0) is 38.2. The van der Waals surface area contributed by atoms with Crippen LogP contribution in [-0.2, 0) is 0 Å². The Morgan fingerprint density at radius 3 is 1.31 bits per heavy atom. The summed E-state index contributed by atoms with van der Waals surface area (Å²) in [6.45, 7) is 0. The standard InChI is InChI=1S/C57H35N/c1-3-12-40-33-47(25-17-36(40)9-1)55-50-15-7-8-16-51(50)56(48-26-18-37-10-2-4-13-41(37)34-48)53-35-45(27-29-52(53)55)43-21-22-44-32-46(24-23-42(44)31-43)54-30-28-39-20-19-38-11-5-6-14-49(38)57(39)58-54/h1-35H. The van der Waals surface area contributed by atoms with E-state index in [4.69, 9.17) is 4.98 Å². The van der Waals surface area contributed by atoms with Crippen LogP contribution in [0.2, 0.25) is 0 Å². The number of hydrogen-bond acceptors (Lipinski definition) is 1. The van der Waals surface area contributed by atoms with Gasteiger partial charge in [-0.2, -0.15) is 0 Å². The molecule has 12 aromatic rings. The quantitative estimate of drug-likeness (QED) is 0.130. The molecule has 0 aliphatic carbocycles. The Balaban J connectivity index is 1.04. The Bertz CT molecular complexity index is 3630. The molecule has 0 bridgehead atoms. The molecular formula is C57H35N. The van der Waals surface area contributed by atoms with Crippen LogP contribution >= 0.6 is 0 Å². The minimum Gasteiger partial charge on any atom is -0.247 e. The molecule has 58 heavy (non-hydrogen) atoms. The normalized spacial score (nSPS) is 11.8. The first-order valence-corrected chi connectivity index (χ1v) is 20.0. The molecule has 0 radical (unpaired) electrons. The van der Waals surface area contributed by atoms with Crippen molar-refractivity contribution in [2.45, 2.75) is 0 Å². The summed E-state index contributed by atoms with van der Waals surface area (Å²) in [6.07, 6.45) is 0. The van der Waals surface area contributed by atoms with Crippen molar-refractivity contribution in [2.75, 3.05) is 0 Å². The number of nitrogens with zero attached hydrogens (tertiary/aromatic N) is 1. The van der Waals surface area contributed by atoms with Gasteiger partial charge in [-0.3, -0.25) is 0 Å². The lowest BCUT2D eigenvalue weighted by Gasteiger charge is -2.19. The van der Waals surface area contributed by atoms with Crippen LogP contribution in [0.15, 0.2) is 212 Å². The van der Waals surface area contributed by atoms with Crippen molar-refractivity contribution in [1.82, 2.24) is 4.98 Å². The van der Waals surface area contributed by atoms with Gasteiger partial charge in [0.05, 0.1) is 11.2 Å². The molecule has 0 saturated heterocycles. The smallest absolute Gasteiger partial charge is 0.0787 e. The lowest BCUT2D eigenvalue weighted by Crippen LogP contribution is -1.92. The minimum atomic E-state index is 0.986. The fraction of sp³-hybridized carbons (Fsp3) is 0. The predicted molar refractivity (Wildman–Crippen MR) is 249 cm³/mol. The van der Waals surface area contributed by atoms with E-state index in [0.717, 1.165) is 22.2 Å². The Hall–Kier alpha value is -7.61. The molecule has 0 atom stereocenters. The number of hydrogen-bond donors (Lipinski definition) is 0. The Morgan fingerprint density at radius 2 is 0.621 bits per heavy atom. The molecule has 1 heterocycles. The fourth-order valence-corrected chi connectivity index (χ4v) is 9.27. The number of aromatic nitrogens is 1. The summed E-state index contributed by atoms with van der Waals surface area (Å²) in [6, 6.07) is 78.0. The van der Waals surface area contributed by atoms with Gasteiger partial charge in [-0.25, -0.2) is 4.98 Å². The van der Waals surface area contributed by atoms with Gasteiger partial charge >= 0.3 is 0 Å². The average molecular weight is 734 g/mol. The van der Waals surface area contributed by atoms with Gasteiger partial charge in [0.2, 0.25) is 0 Å². The Kier molecular flexibility index (Phi) is 7.30. The van der Waals surface area contributed by atoms with E-state index in [1.165, 1.54) is 98.0 Å². The van der Waals surface area contributed by atoms with Crippen LogP contribution < -0.4 is 0 Å². The van der Waals surface area contributed by atoms with Crippen LogP contribution in [0.4, 0.5) is 0 Å². The first-order chi connectivity index (χ1) is 28.7. The second-order valence-corrected chi connectivity index (χ2v) is 15.5. The third-order valence-electron chi connectivity index (χ3n) is 12.2. The lowest BCUT2D eigenvalue weighted by molar-refractivity contribution is 1.42. The Labute approximate surface area is 336 Å². The van der Waals surface area contributed by atoms with Gasteiger partial charge in [0.25, 0.3) is 0 Å². The van der Waals surface area contributed by atoms with Gasteiger partial charge in [-0.1, -0.05) is 176 Å². The first-order valence-electron chi connectivity index (χ1n) is 20.0. The molecule has 1 aromatic heterocycles. The highest BCUT2D eigenvalue weighted by Crippen LogP contribution is 2.46. The topological polar surface area (TPSA) is 12.9 Å². The molecule has 0 aliphatic heterocycles. The van der Waals surface area contributed by atoms with Crippen LogP contribution in [0.3, 0.4) is 0 Å². The molecule has 0 saturated carbocycles. The van der Waals surface area contributed by atoms with Crippen molar-refractivity contribution in [2.24, 2.45) is 0 Å².